The van der Waals surface area contributed by atoms with Crippen LogP contribution in [0.25, 0.3) is 0 Å². The minimum atomic E-state index is -0.0293. The maximum absolute atomic E-state index is 12.8. The number of nitrogens with zero attached hydrogens (tertiary/aromatic N) is 2. The standard InChI is InChI=1S/C22H27N3O4/c1-27-18-9-17(10-19(11-18)28-2)24-8-7-16(13-24)23-22(26)25-12-15-5-4-6-21(29-3)20(15)14-25/h4-6,9-11,16H,7-8,12-14H2,1-3H3,(H,23,26). The van der Waals surface area contributed by atoms with Crippen molar-refractivity contribution < 1.29 is 19.0 Å². The normalized spacial score (nSPS) is 17.8. The lowest BCUT2D eigenvalue weighted by atomic mass is 10.1. The van der Waals surface area contributed by atoms with Gasteiger partial charge < -0.3 is 29.3 Å². The number of carbonyl (C=O) groups is 1. The largest absolute Gasteiger partial charge is 0.497 e. The number of amides is 2. The predicted octanol–water partition coefficient (Wildman–Crippen LogP) is 3.02. The van der Waals surface area contributed by atoms with Gasteiger partial charge in [-0.05, 0) is 18.1 Å². The van der Waals surface area contributed by atoms with E-state index < -0.39 is 0 Å². The number of rotatable bonds is 5. The SMILES string of the molecule is COc1cc(OC)cc(N2CCC(NC(=O)N3Cc4cccc(OC)c4C3)C2)c1. The summed E-state index contributed by atoms with van der Waals surface area (Å²) in [6.07, 6.45) is 0.898. The highest BCUT2D eigenvalue weighted by Crippen LogP contribution is 2.32. The molecule has 1 N–H and O–H groups in total. The number of benzene rings is 2. The third kappa shape index (κ3) is 3.90. The summed E-state index contributed by atoms with van der Waals surface area (Å²) in [5, 5.41) is 3.19. The van der Waals surface area contributed by atoms with Crippen molar-refractivity contribution in [1.82, 2.24) is 10.2 Å². The van der Waals surface area contributed by atoms with Gasteiger partial charge in [-0.2, -0.15) is 0 Å². The molecule has 0 bridgehead atoms. The monoisotopic (exact) mass is 397 g/mol. The summed E-state index contributed by atoms with van der Waals surface area (Å²) in [7, 11) is 4.96. The van der Waals surface area contributed by atoms with Crippen LogP contribution in [0.1, 0.15) is 17.5 Å². The molecule has 2 aliphatic rings. The molecule has 0 saturated carbocycles. The van der Waals surface area contributed by atoms with E-state index in [1.165, 1.54) is 0 Å². The fraction of sp³-hybridized carbons (Fsp3) is 0.409. The molecule has 0 aromatic heterocycles. The number of hydrogen-bond donors (Lipinski definition) is 1. The first kappa shape index (κ1) is 19.2. The Balaban J connectivity index is 1.38. The first-order valence-corrected chi connectivity index (χ1v) is 9.79. The number of methoxy groups -OCH3 is 3. The molecule has 154 valence electrons. The molecule has 2 aliphatic heterocycles. The second-order valence-corrected chi connectivity index (χ2v) is 7.41. The molecule has 29 heavy (non-hydrogen) atoms. The first-order valence-electron chi connectivity index (χ1n) is 9.79. The summed E-state index contributed by atoms with van der Waals surface area (Å²) in [6, 6.07) is 11.9. The van der Waals surface area contributed by atoms with Gasteiger partial charge >= 0.3 is 6.03 Å². The Morgan fingerprint density at radius 2 is 1.79 bits per heavy atom. The van der Waals surface area contributed by atoms with Crippen LogP contribution >= 0.6 is 0 Å². The number of nitrogens with one attached hydrogen (secondary N) is 1. The van der Waals surface area contributed by atoms with Crippen LogP contribution in [0.4, 0.5) is 10.5 Å². The Morgan fingerprint density at radius 1 is 1.03 bits per heavy atom. The molecule has 1 unspecified atom stereocenters. The van der Waals surface area contributed by atoms with Crippen LogP contribution in [0.15, 0.2) is 36.4 Å². The lowest BCUT2D eigenvalue weighted by molar-refractivity contribution is 0.195. The Labute approximate surface area is 171 Å². The molecule has 2 amide bonds. The molecular weight excluding hydrogens is 370 g/mol. The first-order chi connectivity index (χ1) is 14.1. The van der Waals surface area contributed by atoms with Crippen molar-refractivity contribution in [2.24, 2.45) is 0 Å². The molecule has 1 atom stereocenters. The van der Waals surface area contributed by atoms with Crippen molar-refractivity contribution >= 4 is 11.7 Å². The molecule has 1 fully saturated rings. The Kier molecular flexibility index (Phi) is 5.38. The molecule has 2 heterocycles. The summed E-state index contributed by atoms with van der Waals surface area (Å²) in [5.74, 6) is 2.36. The number of anilines is 1. The van der Waals surface area contributed by atoms with Gasteiger partial charge in [-0.1, -0.05) is 12.1 Å². The van der Waals surface area contributed by atoms with Gasteiger partial charge in [0.1, 0.15) is 17.2 Å². The maximum atomic E-state index is 12.8. The zero-order chi connectivity index (χ0) is 20.4. The van der Waals surface area contributed by atoms with E-state index >= 15 is 0 Å². The molecular formula is C22H27N3O4. The van der Waals surface area contributed by atoms with Crippen molar-refractivity contribution in [3.8, 4) is 17.2 Å². The number of ether oxygens (including phenoxy) is 3. The van der Waals surface area contributed by atoms with E-state index in [2.05, 4.69) is 16.3 Å². The van der Waals surface area contributed by atoms with Crippen LogP contribution in [-0.4, -0.2) is 51.4 Å². The second-order valence-electron chi connectivity index (χ2n) is 7.41. The van der Waals surface area contributed by atoms with Crippen LogP contribution in [0.5, 0.6) is 17.2 Å². The summed E-state index contributed by atoms with van der Waals surface area (Å²) in [5.41, 5.74) is 3.29. The highest BCUT2D eigenvalue weighted by molar-refractivity contribution is 5.76. The number of carbonyl (C=O) groups excluding carboxylic acids is 1. The van der Waals surface area contributed by atoms with E-state index in [1.807, 2.05) is 35.2 Å². The van der Waals surface area contributed by atoms with Crippen molar-refractivity contribution in [3.05, 3.63) is 47.5 Å². The van der Waals surface area contributed by atoms with Crippen LogP contribution in [-0.2, 0) is 13.1 Å². The van der Waals surface area contributed by atoms with Crippen molar-refractivity contribution in [1.29, 1.82) is 0 Å². The van der Waals surface area contributed by atoms with Gasteiger partial charge in [-0.15, -0.1) is 0 Å². The Bertz CT molecular complexity index is 879. The lowest BCUT2D eigenvalue weighted by Gasteiger charge is -2.22. The quantitative estimate of drug-likeness (QED) is 0.840. The average molecular weight is 397 g/mol. The third-order valence-corrected chi connectivity index (χ3v) is 5.66. The molecule has 2 aromatic rings. The molecule has 1 saturated heterocycles. The molecule has 4 rings (SSSR count). The van der Waals surface area contributed by atoms with Crippen LogP contribution in [0.3, 0.4) is 0 Å². The minimum absolute atomic E-state index is 0.0293. The van der Waals surface area contributed by atoms with E-state index in [0.717, 1.165) is 53.6 Å². The van der Waals surface area contributed by atoms with E-state index in [1.54, 1.807) is 21.3 Å². The van der Waals surface area contributed by atoms with Gasteiger partial charge in [-0.3, -0.25) is 0 Å². The fourth-order valence-corrected chi connectivity index (χ4v) is 4.08. The summed E-state index contributed by atoms with van der Waals surface area (Å²) >= 11 is 0. The highest BCUT2D eigenvalue weighted by atomic mass is 16.5. The van der Waals surface area contributed by atoms with Crippen molar-refractivity contribution in [3.63, 3.8) is 0 Å². The third-order valence-electron chi connectivity index (χ3n) is 5.66. The van der Waals surface area contributed by atoms with Crippen molar-refractivity contribution in [2.75, 3.05) is 39.3 Å². The summed E-state index contributed by atoms with van der Waals surface area (Å²) in [6.45, 7) is 2.82. The smallest absolute Gasteiger partial charge is 0.318 e. The zero-order valence-corrected chi connectivity index (χ0v) is 17.1. The van der Waals surface area contributed by atoms with Crippen molar-refractivity contribution in [2.45, 2.75) is 25.6 Å². The van der Waals surface area contributed by atoms with Gasteiger partial charge in [0.25, 0.3) is 0 Å². The average Bonchev–Trinajstić information content (AvgIpc) is 3.40. The van der Waals surface area contributed by atoms with Gasteiger partial charge in [0, 0.05) is 55.1 Å². The van der Waals surface area contributed by atoms with Crippen LogP contribution in [0, 0.1) is 0 Å². The molecule has 7 heteroatoms. The lowest BCUT2D eigenvalue weighted by Crippen LogP contribution is -2.43. The summed E-state index contributed by atoms with van der Waals surface area (Å²) < 4.78 is 16.2. The molecule has 2 aromatic carbocycles. The summed E-state index contributed by atoms with van der Waals surface area (Å²) in [4.78, 5) is 16.9. The van der Waals surface area contributed by atoms with Gasteiger partial charge in [0.15, 0.2) is 0 Å². The highest BCUT2D eigenvalue weighted by Gasteiger charge is 2.30. The number of hydrogen-bond acceptors (Lipinski definition) is 5. The van der Waals surface area contributed by atoms with Crippen LogP contribution < -0.4 is 24.4 Å². The molecule has 0 aliphatic carbocycles. The van der Waals surface area contributed by atoms with Gasteiger partial charge in [0.2, 0.25) is 0 Å². The maximum Gasteiger partial charge on any atom is 0.318 e. The Hall–Kier alpha value is -3.09. The molecule has 0 radical (unpaired) electrons. The number of urea groups is 1. The second kappa shape index (κ2) is 8.11. The van der Waals surface area contributed by atoms with Crippen LogP contribution in [0.2, 0.25) is 0 Å². The van der Waals surface area contributed by atoms with Gasteiger partial charge in [0.05, 0.1) is 27.9 Å². The van der Waals surface area contributed by atoms with E-state index in [0.29, 0.717) is 13.1 Å². The van der Waals surface area contributed by atoms with E-state index in [4.69, 9.17) is 14.2 Å². The predicted molar refractivity (Wildman–Crippen MR) is 111 cm³/mol. The number of fused-ring (bicyclic) bond motifs is 1. The zero-order valence-electron chi connectivity index (χ0n) is 17.1. The molecule has 0 spiro atoms. The van der Waals surface area contributed by atoms with E-state index in [9.17, 15) is 4.79 Å². The Morgan fingerprint density at radius 3 is 2.48 bits per heavy atom. The topological polar surface area (TPSA) is 63.3 Å². The van der Waals surface area contributed by atoms with E-state index in [-0.39, 0.29) is 12.1 Å². The minimum Gasteiger partial charge on any atom is -0.497 e. The molecule has 7 nitrogen and oxygen atoms in total. The van der Waals surface area contributed by atoms with Gasteiger partial charge in [-0.25, -0.2) is 4.79 Å². The fourth-order valence-electron chi connectivity index (χ4n) is 4.08.